The normalized spacial score (nSPS) is 9.06. The number of halogens is 2. The summed E-state index contributed by atoms with van der Waals surface area (Å²) in [5, 5.41) is 17.1. The van der Waals surface area contributed by atoms with Gasteiger partial charge in [0.2, 0.25) is 0 Å². The number of rotatable bonds is 2. The predicted octanol–water partition coefficient (Wildman–Crippen LogP) is 2.71. The van der Waals surface area contributed by atoms with Crippen LogP contribution in [0.4, 0.5) is 8.78 Å². The second-order valence-corrected chi connectivity index (χ2v) is 3.20. The van der Waals surface area contributed by atoms with Gasteiger partial charge in [0.05, 0.1) is 7.11 Å². The molecule has 0 saturated carbocycles. The van der Waals surface area contributed by atoms with Crippen molar-refractivity contribution in [2.24, 2.45) is 0 Å². The molecule has 0 amide bonds. The van der Waals surface area contributed by atoms with Gasteiger partial charge in [-0.25, -0.2) is 8.78 Å². The summed E-state index contributed by atoms with van der Waals surface area (Å²) in [6.45, 7) is 1.38. The Morgan fingerprint density at radius 1 is 1.29 bits per heavy atom. The molecule has 0 aliphatic heterocycles. The molecule has 1 rings (SSSR count). The Bertz CT molecular complexity index is 549. The van der Waals surface area contributed by atoms with Crippen molar-refractivity contribution >= 4 is 6.08 Å². The lowest BCUT2D eigenvalue weighted by molar-refractivity contribution is 0.401. The third-order valence-electron chi connectivity index (χ3n) is 2.19. The highest BCUT2D eigenvalue weighted by atomic mass is 19.2. The van der Waals surface area contributed by atoms with E-state index in [1.54, 1.807) is 12.1 Å². The van der Waals surface area contributed by atoms with E-state index in [2.05, 4.69) is 0 Å². The van der Waals surface area contributed by atoms with E-state index in [1.807, 2.05) is 0 Å². The summed E-state index contributed by atoms with van der Waals surface area (Å²) >= 11 is 0. The molecule has 0 aliphatic rings. The van der Waals surface area contributed by atoms with E-state index < -0.39 is 11.6 Å². The second kappa shape index (κ2) is 5.09. The van der Waals surface area contributed by atoms with Crippen LogP contribution in [-0.2, 0) is 0 Å². The van der Waals surface area contributed by atoms with Gasteiger partial charge in [0.1, 0.15) is 23.5 Å². The average Bonchev–Trinajstić information content (AvgIpc) is 2.35. The summed E-state index contributed by atoms with van der Waals surface area (Å²) in [5.74, 6) is -2.00. The maximum atomic E-state index is 13.5. The van der Waals surface area contributed by atoms with E-state index in [1.165, 1.54) is 20.1 Å². The fourth-order valence-corrected chi connectivity index (χ4v) is 1.27. The van der Waals surface area contributed by atoms with Gasteiger partial charge in [0, 0.05) is 11.1 Å². The number of methoxy groups -OCH3 is 1. The standard InChI is InChI=1S/C12H8F2N2O/c1-7-10(17-2)4-9(12(14)11(7)13)3-8(5-15)6-16/h3-4H,1-2H3. The fourth-order valence-electron chi connectivity index (χ4n) is 1.27. The number of ether oxygens (including phenoxy) is 1. The van der Waals surface area contributed by atoms with Crippen LogP contribution in [-0.4, -0.2) is 7.11 Å². The molecule has 0 fully saturated rings. The molecule has 0 radical (unpaired) electrons. The Morgan fingerprint density at radius 3 is 2.35 bits per heavy atom. The molecule has 0 atom stereocenters. The topological polar surface area (TPSA) is 56.8 Å². The summed E-state index contributed by atoms with van der Waals surface area (Å²) in [6, 6.07) is 4.38. The Labute approximate surface area is 97.2 Å². The van der Waals surface area contributed by atoms with Crippen LogP contribution in [0.1, 0.15) is 11.1 Å². The minimum absolute atomic E-state index is 0.0395. The average molecular weight is 234 g/mol. The summed E-state index contributed by atoms with van der Waals surface area (Å²) < 4.78 is 31.8. The first-order valence-corrected chi connectivity index (χ1v) is 4.59. The zero-order chi connectivity index (χ0) is 13.0. The van der Waals surface area contributed by atoms with Gasteiger partial charge in [0.25, 0.3) is 0 Å². The minimum Gasteiger partial charge on any atom is -0.496 e. The largest absolute Gasteiger partial charge is 0.496 e. The van der Waals surface area contributed by atoms with Crippen LogP contribution in [0, 0.1) is 41.2 Å². The van der Waals surface area contributed by atoms with Gasteiger partial charge in [0.15, 0.2) is 11.6 Å². The Balaban J connectivity index is 3.48. The molecule has 0 unspecified atom stereocenters. The van der Waals surface area contributed by atoms with Crippen molar-refractivity contribution in [1.82, 2.24) is 0 Å². The quantitative estimate of drug-likeness (QED) is 0.739. The van der Waals surface area contributed by atoms with E-state index in [0.717, 1.165) is 6.08 Å². The van der Waals surface area contributed by atoms with Crippen molar-refractivity contribution in [1.29, 1.82) is 10.5 Å². The molecule has 1 aromatic carbocycles. The molecule has 0 spiro atoms. The second-order valence-electron chi connectivity index (χ2n) is 3.20. The molecule has 5 heteroatoms. The molecular weight excluding hydrogens is 226 g/mol. The molecule has 17 heavy (non-hydrogen) atoms. The smallest absolute Gasteiger partial charge is 0.166 e. The van der Waals surface area contributed by atoms with Crippen molar-refractivity contribution in [2.75, 3.05) is 7.11 Å². The third kappa shape index (κ3) is 2.40. The summed E-state index contributed by atoms with van der Waals surface area (Å²) in [5.41, 5.74) is -0.463. The van der Waals surface area contributed by atoms with Crippen LogP contribution in [0.25, 0.3) is 6.08 Å². The Kier molecular flexibility index (Phi) is 3.79. The lowest BCUT2D eigenvalue weighted by Crippen LogP contribution is -1.98. The number of allylic oxidation sites excluding steroid dienone is 1. The van der Waals surface area contributed by atoms with Crippen LogP contribution in [0.2, 0.25) is 0 Å². The van der Waals surface area contributed by atoms with E-state index >= 15 is 0 Å². The highest BCUT2D eigenvalue weighted by molar-refractivity contribution is 5.64. The van der Waals surface area contributed by atoms with Crippen LogP contribution >= 0.6 is 0 Å². The molecule has 1 aromatic rings. The maximum Gasteiger partial charge on any atom is 0.166 e. The lowest BCUT2D eigenvalue weighted by Gasteiger charge is -2.08. The monoisotopic (exact) mass is 234 g/mol. The van der Waals surface area contributed by atoms with Crippen molar-refractivity contribution in [3.63, 3.8) is 0 Å². The van der Waals surface area contributed by atoms with Gasteiger partial charge in [-0.2, -0.15) is 10.5 Å². The predicted molar refractivity (Wildman–Crippen MR) is 56.9 cm³/mol. The number of nitrogens with zero attached hydrogens (tertiary/aromatic N) is 2. The van der Waals surface area contributed by atoms with Gasteiger partial charge >= 0.3 is 0 Å². The van der Waals surface area contributed by atoms with Gasteiger partial charge in [-0.15, -0.1) is 0 Å². The van der Waals surface area contributed by atoms with Crippen LogP contribution < -0.4 is 4.74 Å². The zero-order valence-corrected chi connectivity index (χ0v) is 9.21. The molecule has 0 N–H and O–H groups in total. The van der Waals surface area contributed by atoms with Crippen LogP contribution in [0.15, 0.2) is 11.6 Å². The summed E-state index contributed by atoms with van der Waals surface area (Å²) in [6.07, 6.45) is 0.973. The van der Waals surface area contributed by atoms with Gasteiger partial charge in [-0.05, 0) is 19.1 Å². The van der Waals surface area contributed by atoms with E-state index in [0.29, 0.717) is 0 Å². The van der Waals surface area contributed by atoms with Crippen molar-refractivity contribution < 1.29 is 13.5 Å². The van der Waals surface area contributed by atoms with Gasteiger partial charge in [-0.1, -0.05) is 0 Å². The highest BCUT2D eigenvalue weighted by Gasteiger charge is 2.15. The first-order valence-electron chi connectivity index (χ1n) is 4.59. The fraction of sp³-hybridized carbons (Fsp3) is 0.167. The SMILES string of the molecule is COc1cc(C=C(C#N)C#N)c(F)c(F)c1C. The highest BCUT2D eigenvalue weighted by Crippen LogP contribution is 2.27. The number of hydrogen-bond donors (Lipinski definition) is 0. The van der Waals surface area contributed by atoms with Crippen LogP contribution in [0.5, 0.6) is 5.75 Å². The first-order chi connectivity index (χ1) is 8.04. The Hall–Kier alpha value is -2.40. The van der Waals surface area contributed by atoms with Crippen molar-refractivity contribution in [3.8, 4) is 17.9 Å². The lowest BCUT2D eigenvalue weighted by atomic mass is 10.1. The molecule has 0 bridgehead atoms. The first kappa shape index (κ1) is 12.7. The molecule has 0 heterocycles. The Morgan fingerprint density at radius 2 is 1.88 bits per heavy atom. The van der Waals surface area contributed by atoms with E-state index in [9.17, 15) is 8.78 Å². The summed E-state index contributed by atoms with van der Waals surface area (Å²) in [7, 11) is 1.32. The van der Waals surface area contributed by atoms with Crippen molar-refractivity contribution in [2.45, 2.75) is 6.92 Å². The molecular formula is C12H8F2N2O. The van der Waals surface area contributed by atoms with E-state index in [-0.39, 0.29) is 22.4 Å². The molecule has 86 valence electrons. The molecule has 0 aromatic heterocycles. The maximum absolute atomic E-state index is 13.5. The molecule has 3 nitrogen and oxygen atoms in total. The van der Waals surface area contributed by atoms with Gasteiger partial charge in [-0.3, -0.25) is 0 Å². The van der Waals surface area contributed by atoms with E-state index in [4.69, 9.17) is 15.3 Å². The minimum atomic E-state index is -1.11. The zero-order valence-electron chi connectivity index (χ0n) is 9.21. The number of hydrogen-bond acceptors (Lipinski definition) is 3. The van der Waals surface area contributed by atoms with Gasteiger partial charge < -0.3 is 4.74 Å². The van der Waals surface area contributed by atoms with Crippen LogP contribution in [0.3, 0.4) is 0 Å². The molecule has 0 saturated heterocycles. The van der Waals surface area contributed by atoms with Crippen molar-refractivity contribution in [3.05, 3.63) is 34.4 Å². The number of nitriles is 2. The third-order valence-corrected chi connectivity index (χ3v) is 2.19. The number of benzene rings is 1. The molecule has 0 aliphatic carbocycles. The summed E-state index contributed by atoms with van der Waals surface area (Å²) in [4.78, 5) is 0.